The van der Waals surface area contributed by atoms with Crippen LogP contribution in [0, 0.1) is 10.1 Å². The van der Waals surface area contributed by atoms with E-state index in [1.54, 1.807) is 18.3 Å². The number of carbonyl (C=O) groups excluding carboxylic acids is 1. The van der Waals surface area contributed by atoms with E-state index in [0.717, 1.165) is 31.6 Å². The Morgan fingerprint density at radius 3 is 2.81 bits per heavy atom. The van der Waals surface area contributed by atoms with Gasteiger partial charge in [0.1, 0.15) is 0 Å². The van der Waals surface area contributed by atoms with Gasteiger partial charge in [0.2, 0.25) is 5.91 Å². The molecule has 2 heterocycles. The topological polar surface area (TPSA) is 81.3 Å². The molecule has 0 bridgehead atoms. The van der Waals surface area contributed by atoms with Crippen LogP contribution >= 0.6 is 11.8 Å². The highest BCUT2D eigenvalue weighted by Gasteiger charge is 2.19. The van der Waals surface area contributed by atoms with Gasteiger partial charge in [-0.05, 0) is 19.3 Å². The maximum absolute atomic E-state index is 12.4. The number of aromatic nitrogens is 2. The molecule has 0 radical (unpaired) electrons. The molecule has 7 nitrogen and oxygen atoms in total. The normalized spacial score (nSPS) is 14.1. The Hall–Kier alpha value is -2.61. The van der Waals surface area contributed by atoms with Gasteiger partial charge in [-0.1, -0.05) is 30.0 Å². The molecular weight excluding hydrogens is 364 g/mol. The van der Waals surface area contributed by atoms with Gasteiger partial charge in [-0.15, -0.1) is 6.58 Å². The van der Waals surface area contributed by atoms with Crippen molar-refractivity contribution in [2.75, 3.05) is 18.8 Å². The quantitative estimate of drug-likeness (QED) is 0.313. The largest absolute Gasteiger partial charge is 0.342 e. The third kappa shape index (κ3) is 4.57. The van der Waals surface area contributed by atoms with Crippen molar-refractivity contribution in [2.45, 2.75) is 31.0 Å². The Balaban J connectivity index is 1.78. The molecule has 1 fully saturated rings. The van der Waals surface area contributed by atoms with Gasteiger partial charge in [-0.25, -0.2) is 4.98 Å². The summed E-state index contributed by atoms with van der Waals surface area (Å²) in [5, 5.41) is 11.8. The minimum absolute atomic E-state index is 0.0355. The van der Waals surface area contributed by atoms with E-state index < -0.39 is 4.92 Å². The fourth-order valence-corrected chi connectivity index (χ4v) is 4.04. The van der Waals surface area contributed by atoms with Gasteiger partial charge in [0.15, 0.2) is 5.16 Å². The summed E-state index contributed by atoms with van der Waals surface area (Å²) in [5.41, 5.74) is 1.52. The van der Waals surface area contributed by atoms with E-state index in [2.05, 4.69) is 11.6 Å². The lowest BCUT2D eigenvalue weighted by Gasteiger charge is -2.26. The third-order valence-electron chi connectivity index (χ3n) is 4.52. The highest BCUT2D eigenvalue weighted by atomic mass is 32.2. The smallest absolute Gasteiger partial charge is 0.270 e. The number of allylic oxidation sites excluding steroid dienone is 1. The van der Waals surface area contributed by atoms with Crippen LogP contribution in [0.15, 0.2) is 48.3 Å². The number of carbonyl (C=O) groups is 1. The van der Waals surface area contributed by atoms with Crippen molar-refractivity contribution in [1.29, 1.82) is 0 Å². The number of hydrogen-bond donors (Lipinski definition) is 0. The number of nitrogens with zero attached hydrogens (tertiary/aromatic N) is 4. The molecule has 8 heteroatoms. The summed E-state index contributed by atoms with van der Waals surface area (Å²) in [7, 11) is 0. The fourth-order valence-electron chi connectivity index (χ4n) is 3.15. The number of thioether (sulfide) groups is 1. The first-order chi connectivity index (χ1) is 13.1. The summed E-state index contributed by atoms with van der Waals surface area (Å²) in [5.74, 6) is 0.465. The minimum atomic E-state index is -0.412. The molecule has 0 saturated carbocycles. The lowest BCUT2D eigenvalue weighted by atomic mass is 10.1. The number of likely N-dealkylation sites (tertiary alicyclic amines) is 1. The third-order valence-corrected chi connectivity index (χ3v) is 5.49. The first-order valence-electron chi connectivity index (χ1n) is 8.92. The monoisotopic (exact) mass is 386 g/mol. The standard InChI is InChI=1S/C19H22N4O3S/c1-2-9-22-17(15-7-6-8-16(12-15)23(25)26)13-20-19(22)27-14-18(24)21-10-4-3-5-11-21/h2,6-8,12-13H,1,3-5,9-11,14H2. The van der Waals surface area contributed by atoms with E-state index in [4.69, 9.17) is 0 Å². The minimum Gasteiger partial charge on any atom is -0.342 e. The molecule has 0 spiro atoms. The highest BCUT2D eigenvalue weighted by Crippen LogP contribution is 2.28. The summed E-state index contributed by atoms with van der Waals surface area (Å²) < 4.78 is 1.93. The average molecular weight is 386 g/mol. The van der Waals surface area contributed by atoms with Crippen LogP contribution in [0.5, 0.6) is 0 Å². The van der Waals surface area contributed by atoms with E-state index in [9.17, 15) is 14.9 Å². The van der Waals surface area contributed by atoms with Gasteiger partial charge in [-0.2, -0.15) is 0 Å². The second kappa shape index (κ2) is 8.85. The molecule has 142 valence electrons. The molecule has 1 aromatic carbocycles. The van der Waals surface area contributed by atoms with Crippen LogP contribution in [0.4, 0.5) is 5.69 Å². The van der Waals surface area contributed by atoms with E-state index >= 15 is 0 Å². The predicted molar refractivity (Wildman–Crippen MR) is 106 cm³/mol. The van der Waals surface area contributed by atoms with Gasteiger partial charge >= 0.3 is 0 Å². The second-order valence-corrected chi connectivity index (χ2v) is 7.31. The van der Waals surface area contributed by atoms with Crippen molar-refractivity contribution in [3.63, 3.8) is 0 Å². The van der Waals surface area contributed by atoms with Crippen LogP contribution < -0.4 is 0 Å². The van der Waals surface area contributed by atoms with Crippen molar-refractivity contribution in [1.82, 2.24) is 14.5 Å². The van der Waals surface area contributed by atoms with Gasteiger partial charge in [0.05, 0.1) is 22.6 Å². The molecule has 1 amide bonds. The molecule has 0 unspecified atom stereocenters. The SMILES string of the molecule is C=CCn1c(-c2cccc([N+](=O)[O-])c2)cnc1SCC(=O)N1CCCCC1. The van der Waals surface area contributed by atoms with E-state index in [0.29, 0.717) is 23.0 Å². The van der Waals surface area contributed by atoms with Crippen molar-refractivity contribution in [3.05, 3.63) is 53.2 Å². The molecule has 1 aliphatic heterocycles. The van der Waals surface area contributed by atoms with Crippen molar-refractivity contribution < 1.29 is 9.72 Å². The van der Waals surface area contributed by atoms with Gasteiger partial charge in [0, 0.05) is 37.3 Å². The number of non-ortho nitro benzene ring substituents is 1. The highest BCUT2D eigenvalue weighted by molar-refractivity contribution is 7.99. The number of rotatable bonds is 7. The van der Waals surface area contributed by atoms with E-state index in [1.165, 1.54) is 30.3 Å². The number of nitro groups is 1. The van der Waals surface area contributed by atoms with Crippen LogP contribution in [0.2, 0.25) is 0 Å². The van der Waals surface area contributed by atoms with Crippen molar-refractivity contribution in [3.8, 4) is 11.3 Å². The Morgan fingerprint density at radius 1 is 1.33 bits per heavy atom. The molecule has 0 atom stereocenters. The maximum Gasteiger partial charge on any atom is 0.270 e. The average Bonchev–Trinajstić information content (AvgIpc) is 3.10. The number of piperidine rings is 1. The molecule has 0 N–H and O–H groups in total. The van der Waals surface area contributed by atoms with Crippen LogP contribution in [0.3, 0.4) is 0 Å². The van der Waals surface area contributed by atoms with E-state index in [1.807, 2.05) is 15.5 Å². The zero-order chi connectivity index (χ0) is 19.2. The number of hydrogen-bond acceptors (Lipinski definition) is 5. The molecule has 2 aromatic rings. The van der Waals surface area contributed by atoms with Gasteiger partial charge in [0.25, 0.3) is 5.69 Å². The lowest BCUT2D eigenvalue weighted by molar-refractivity contribution is -0.384. The Morgan fingerprint density at radius 2 is 2.11 bits per heavy atom. The van der Waals surface area contributed by atoms with Gasteiger partial charge < -0.3 is 9.47 Å². The lowest BCUT2D eigenvalue weighted by Crippen LogP contribution is -2.36. The zero-order valence-electron chi connectivity index (χ0n) is 15.0. The molecule has 1 saturated heterocycles. The molecule has 3 rings (SSSR count). The Bertz CT molecular complexity index is 843. The number of amides is 1. The number of nitro benzene ring substituents is 1. The summed E-state index contributed by atoms with van der Waals surface area (Å²) in [6, 6.07) is 6.47. The van der Waals surface area contributed by atoms with Crippen LogP contribution in [-0.2, 0) is 11.3 Å². The number of benzene rings is 1. The fraction of sp³-hybridized carbons (Fsp3) is 0.368. The first kappa shape index (κ1) is 19.2. The predicted octanol–water partition coefficient (Wildman–Crippen LogP) is 3.75. The zero-order valence-corrected chi connectivity index (χ0v) is 15.9. The van der Waals surface area contributed by atoms with Crippen LogP contribution in [0.1, 0.15) is 19.3 Å². The molecule has 1 aliphatic rings. The Kier molecular flexibility index (Phi) is 6.28. The number of imidazole rings is 1. The molecular formula is C19H22N4O3S. The first-order valence-corrected chi connectivity index (χ1v) is 9.90. The summed E-state index contributed by atoms with van der Waals surface area (Å²) >= 11 is 1.39. The second-order valence-electron chi connectivity index (χ2n) is 6.36. The van der Waals surface area contributed by atoms with Crippen LogP contribution in [0.25, 0.3) is 11.3 Å². The summed E-state index contributed by atoms with van der Waals surface area (Å²) in [6.45, 7) is 5.96. The van der Waals surface area contributed by atoms with Gasteiger partial charge in [-0.3, -0.25) is 14.9 Å². The summed E-state index contributed by atoms with van der Waals surface area (Å²) in [4.78, 5) is 29.4. The summed E-state index contributed by atoms with van der Waals surface area (Å²) in [6.07, 6.45) is 6.76. The van der Waals surface area contributed by atoms with Crippen LogP contribution in [-0.4, -0.2) is 44.1 Å². The van der Waals surface area contributed by atoms with Crippen molar-refractivity contribution in [2.24, 2.45) is 0 Å². The van der Waals surface area contributed by atoms with Crippen molar-refractivity contribution >= 4 is 23.4 Å². The molecule has 0 aliphatic carbocycles. The maximum atomic E-state index is 12.4. The Labute approximate surface area is 162 Å². The molecule has 27 heavy (non-hydrogen) atoms. The molecule has 1 aromatic heterocycles. The van der Waals surface area contributed by atoms with E-state index in [-0.39, 0.29) is 11.6 Å².